The molecule has 4 rings (SSSR count). The Labute approximate surface area is 129 Å². The molecule has 2 aliphatic rings. The molecule has 1 amide bonds. The zero-order valence-corrected chi connectivity index (χ0v) is 12.7. The smallest absolute Gasteiger partial charge is 0.261 e. The molecule has 1 aromatic carbocycles. The first-order valence-corrected chi connectivity index (χ1v) is 7.93. The molecule has 1 aliphatic heterocycles. The van der Waals surface area contributed by atoms with E-state index in [1.54, 1.807) is 6.20 Å². The number of amides is 1. The highest BCUT2D eigenvalue weighted by Gasteiger charge is 2.22. The predicted octanol–water partition coefficient (Wildman–Crippen LogP) is 2.69. The molecule has 0 saturated heterocycles. The Kier molecular flexibility index (Phi) is 3.13. The first kappa shape index (κ1) is 13.4. The Morgan fingerprint density at radius 1 is 1.36 bits per heavy atom. The second-order valence-electron chi connectivity index (χ2n) is 6.37. The van der Waals surface area contributed by atoms with Gasteiger partial charge in [0.1, 0.15) is 11.4 Å². The lowest BCUT2D eigenvalue weighted by Crippen LogP contribution is -2.27. The minimum Gasteiger partial charge on any atom is -0.369 e. The largest absolute Gasteiger partial charge is 0.369 e. The Balaban J connectivity index is 1.55. The van der Waals surface area contributed by atoms with Gasteiger partial charge in [-0.15, -0.1) is 0 Å². The maximum atomic E-state index is 12.5. The van der Waals surface area contributed by atoms with Gasteiger partial charge in [0.25, 0.3) is 5.91 Å². The number of hydrogen-bond acceptors (Lipinski definition) is 3. The fraction of sp³-hybridized carbons (Fsp3) is 0.412. The van der Waals surface area contributed by atoms with E-state index in [0.717, 1.165) is 37.4 Å². The molecule has 1 unspecified atom stereocenters. The molecule has 1 aliphatic carbocycles. The normalized spacial score (nSPS) is 19.2. The highest BCUT2D eigenvalue weighted by Crippen LogP contribution is 2.26. The Morgan fingerprint density at radius 3 is 3.14 bits per heavy atom. The van der Waals surface area contributed by atoms with Crippen LogP contribution < -0.4 is 10.6 Å². The van der Waals surface area contributed by atoms with Crippen LogP contribution in [0.3, 0.4) is 0 Å². The molecular weight excluding hydrogens is 276 g/mol. The molecule has 2 heterocycles. The summed E-state index contributed by atoms with van der Waals surface area (Å²) in [4.78, 5) is 12.5. The van der Waals surface area contributed by atoms with Crippen LogP contribution in [0.25, 0.3) is 0 Å². The minimum absolute atomic E-state index is 0.0961. The number of benzene rings is 1. The number of hydrogen-bond donors (Lipinski definition) is 2. The van der Waals surface area contributed by atoms with Crippen molar-refractivity contribution in [3.63, 3.8) is 0 Å². The monoisotopic (exact) mass is 296 g/mol. The molecule has 5 heteroatoms. The van der Waals surface area contributed by atoms with Gasteiger partial charge in [-0.05, 0) is 48.4 Å². The fourth-order valence-corrected chi connectivity index (χ4v) is 3.36. The summed E-state index contributed by atoms with van der Waals surface area (Å²) < 4.78 is 1.88. The van der Waals surface area contributed by atoms with Crippen molar-refractivity contribution in [1.82, 2.24) is 9.78 Å². The van der Waals surface area contributed by atoms with E-state index in [-0.39, 0.29) is 5.91 Å². The number of nitrogens with zero attached hydrogens (tertiary/aromatic N) is 2. The molecule has 1 aromatic heterocycles. The van der Waals surface area contributed by atoms with Crippen molar-refractivity contribution in [2.75, 3.05) is 17.2 Å². The third kappa shape index (κ3) is 2.26. The number of aryl methyl sites for hydroxylation is 2. The van der Waals surface area contributed by atoms with E-state index in [0.29, 0.717) is 11.5 Å². The zero-order valence-electron chi connectivity index (χ0n) is 12.7. The number of nitrogens with one attached hydrogen (secondary N) is 2. The topological polar surface area (TPSA) is 59.0 Å². The second-order valence-corrected chi connectivity index (χ2v) is 6.37. The summed E-state index contributed by atoms with van der Waals surface area (Å²) in [5.74, 6) is 1.26. The van der Waals surface area contributed by atoms with Crippen LogP contribution >= 0.6 is 0 Å². The van der Waals surface area contributed by atoms with E-state index in [1.807, 2.05) is 10.7 Å². The van der Waals surface area contributed by atoms with Crippen molar-refractivity contribution < 1.29 is 4.79 Å². The highest BCUT2D eigenvalue weighted by molar-refractivity contribution is 6.07. The van der Waals surface area contributed by atoms with Gasteiger partial charge >= 0.3 is 0 Å². The van der Waals surface area contributed by atoms with Crippen LogP contribution in [0.4, 0.5) is 11.5 Å². The van der Waals surface area contributed by atoms with E-state index in [9.17, 15) is 4.79 Å². The number of rotatable bonds is 2. The van der Waals surface area contributed by atoms with E-state index in [4.69, 9.17) is 0 Å². The molecule has 5 nitrogen and oxygen atoms in total. The van der Waals surface area contributed by atoms with Crippen LogP contribution in [0, 0.1) is 5.92 Å². The fourth-order valence-electron chi connectivity index (χ4n) is 3.36. The summed E-state index contributed by atoms with van der Waals surface area (Å²) in [6.07, 6.45) is 5.14. The average molecular weight is 296 g/mol. The van der Waals surface area contributed by atoms with E-state index < -0.39 is 0 Å². The van der Waals surface area contributed by atoms with Gasteiger partial charge in [-0.25, -0.2) is 4.68 Å². The first-order chi connectivity index (χ1) is 10.7. The van der Waals surface area contributed by atoms with Crippen molar-refractivity contribution in [2.45, 2.75) is 32.7 Å². The van der Waals surface area contributed by atoms with Gasteiger partial charge in [0.15, 0.2) is 0 Å². The summed E-state index contributed by atoms with van der Waals surface area (Å²) in [6.45, 7) is 3.90. The highest BCUT2D eigenvalue weighted by atomic mass is 16.1. The van der Waals surface area contributed by atoms with Crippen LogP contribution in [0.15, 0.2) is 24.4 Å². The molecule has 0 radical (unpaired) electrons. The van der Waals surface area contributed by atoms with Crippen LogP contribution in [0.1, 0.15) is 34.8 Å². The molecular formula is C17H20N4O. The van der Waals surface area contributed by atoms with Crippen molar-refractivity contribution in [2.24, 2.45) is 5.92 Å². The Morgan fingerprint density at radius 2 is 2.23 bits per heavy atom. The van der Waals surface area contributed by atoms with Crippen molar-refractivity contribution >= 4 is 17.4 Å². The molecule has 0 fully saturated rings. The summed E-state index contributed by atoms with van der Waals surface area (Å²) in [6, 6.07) is 6.23. The van der Waals surface area contributed by atoms with E-state index >= 15 is 0 Å². The minimum atomic E-state index is -0.0961. The van der Waals surface area contributed by atoms with Crippen LogP contribution in [0.2, 0.25) is 0 Å². The maximum absolute atomic E-state index is 12.5. The quantitative estimate of drug-likeness (QED) is 0.896. The number of aromatic nitrogens is 2. The summed E-state index contributed by atoms with van der Waals surface area (Å²) in [5, 5.41) is 10.6. The molecule has 2 aromatic rings. The number of anilines is 2. The average Bonchev–Trinajstić information content (AvgIpc) is 3.12. The van der Waals surface area contributed by atoms with E-state index in [2.05, 4.69) is 34.8 Å². The lowest BCUT2D eigenvalue weighted by atomic mass is 10.1. The number of carbonyl (C=O) groups excluding carboxylic acids is 1. The van der Waals surface area contributed by atoms with Crippen LogP contribution in [0.5, 0.6) is 0 Å². The van der Waals surface area contributed by atoms with Gasteiger partial charge in [0.2, 0.25) is 0 Å². The predicted molar refractivity (Wildman–Crippen MR) is 86.3 cm³/mol. The van der Waals surface area contributed by atoms with Crippen molar-refractivity contribution in [1.29, 1.82) is 0 Å². The molecule has 22 heavy (non-hydrogen) atoms. The molecule has 0 bridgehead atoms. The number of carbonyl (C=O) groups is 1. The van der Waals surface area contributed by atoms with Crippen molar-refractivity contribution in [3.05, 3.63) is 41.1 Å². The first-order valence-electron chi connectivity index (χ1n) is 7.93. The maximum Gasteiger partial charge on any atom is 0.261 e. The summed E-state index contributed by atoms with van der Waals surface area (Å²) >= 11 is 0. The third-order valence-corrected chi connectivity index (χ3v) is 4.54. The summed E-state index contributed by atoms with van der Waals surface area (Å²) in [5.41, 5.74) is 4.26. The van der Waals surface area contributed by atoms with Gasteiger partial charge in [-0.1, -0.05) is 13.0 Å². The second kappa shape index (κ2) is 5.16. The van der Waals surface area contributed by atoms with Crippen LogP contribution in [-0.4, -0.2) is 22.2 Å². The van der Waals surface area contributed by atoms with Gasteiger partial charge < -0.3 is 10.6 Å². The van der Waals surface area contributed by atoms with Gasteiger partial charge in [-0.2, -0.15) is 5.10 Å². The van der Waals surface area contributed by atoms with Crippen LogP contribution in [-0.2, 0) is 19.4 Å². The molecule has 114 valence electrons. The SMILES string of the molecule is CC1CNc2c(C(=O)Nc3ccc4c(c3)CCC4)cnn2C1. The third-order valence-electron chi connectivity index (χ3n) is 4.54. The molecule has 0 saturated carbocycles. The Bertz CT molecular complexity index is 734. The van der Waals surface area contributed by atoms with Gasteiger partial charge in [0, 0.05) is 18.8 Å². The zero-order chi connectivity index (χ0) is 15.1. The van der Waals surface area contributed by atoms with Crippen molar-refractivity contribution in [3.8, 4) is 0 Å². The standard InChI is InChI=1S/C17H20N4O/c1-11-8-18-16-15(9-19-21(16)10-11)17(22)20-14-6-5-12-3-2-4-13(12)7-14/h5-7,9,11,18H,2-4,8,10H2,1H3,(H,20,22). The Hall–Kier alpha value is -2.30. The summed E-state index contributed by atoms with van der Waals surface area (Å²) in [7, 11) is 0. The number of fused-ring (bicyclic) bond motifs is 2. The lowest BCUT2D eigenvalue weighted by molar-refractivity contribution is 0.102. The van der Waals surface area contributed by atoms with Gasteiger partial charge in [-0.3, -0.25) is 4.79 Å². The molecule has 1 atom stereocenters. The molecule has 2 N–H and O–H groups in total. The van der Waals surface area contributed by atoms with E-state index in [1.165, 1.54) is 17.5 Å². The van der Waals surface area contributed by atoms with Gasteiger partial charge in [0.05, 0.1) is 6.20 Å². The molecule has 0 spiro atoms. The lowest BCUT2D eigenvalue weighted by Gasteiger charge is -2.22.